The predicted octanol–water partition coefficient (Wildman–Crippen LogP) is 4.99. The van der Waals surface area contributed by atoms with E-state index in [9.17, 15) is 0 Å². The van der Waals surface area contributed by atoms with Crippen LogP contribution in [0.5, 0.6) is 0 Å². The van der Waals surface area contributed by atoms with E-state index in [1.165, 1.54) is 17.9 Å². The van der Waals surface area contributed by atoms with Crippen LogP contribution in [0.3, 0.4) is 0 Å². The minimum absolute atomic E-state index is 0.397. The fourth-order valence-electron chi connectivity index (χ4n) is 2.15. The number of aromatic nitrogens is 2. The van der Waals surface area contributed by atoms with Gasteiger partial charge in [0.2, 0.25) is 0 Å². The molecule has 2 rings (SSSR count). The third-order valence-electron chi connectivity index (χ3n) is 3.09. The molecule has 2 heterocycles. The van der Waals surface area contributed by atoms with Gasteiger partial charge >= 0.3 is 0 Å². The Balaban J connectivity index is 2.32. The maximum Gasteiger partial charge on any atom is 0.146 e. The fraction of sp³-hybridized carbons (Fsp3) is 0.692. The molecular formula is C13H18ClIN2S2. The Morgan fingerprint density at radius 3 is 2.68 bits per heavy atom. The van der Waals surface area contributed by atoms with Gasteiger partial charge in [0.1, 0.15) is 11.0 Å². The van der Waals surface area contributed by atoms with E-state index in [1.807, 2.05) is 23.5 Å². The fourth-order valence-corrected chi connectivity index (χ4v) is 5.85. The summed E-state index contributed by atoms with van der Waals surface area (Å²) in [7, 11) is 0. The molecule has 0 amide bonds. The molecule has 1 fully saturated rings. The van der Waals surface area contributed by atoms with E-state index in [-0.39, 0.29) is 0 Å². The molecule has 106 valence electrons. The first-order valence-electron chi connectivity index (χ1n) is 6.62. The van der Waals surface area contributed by atoms with Gasteiger partial charge in [-0.3, -0.25) is 0 Å². The Hall–Kier alpha value is 0.800. The Morgan fingerprint density at radius 1 is 1.26 bits per heavy atom. The van der Waals surface area contributed by atoms with Crippen molar-refractivity contribution in [3.8, 4) is 0 Å². The standard InChI is InChI=1S/C13H18ClIN2S2/c1-3-5-8-10(15)12(14)17-13(16-8)11-9(4-2)18-6-7-19-11/h9,11H,3-7H2,1-2H3. The zero-order chi connectivity index (χ0) is 13.8. The number of nitrogens with zero attached hydrogens (tertiary/aromatic N) is 2. The van der Waals surface area contributed by atoms with Gasteiger partial charge < -0.3 is 0 Å². The Labute approximate surface area is 142 Å². The van der Waals surface area contributed by atoms with Crippen molar-refractivity contribution >= 4 is 57.7 Å². The van der Waals surface area contributed by atoms with Gasteiger partial charge in [-0.05, 0) is 35.4 Å². The Kier molecular flexibility index (Phi) is 6.56. The van der Waals surface area contributed by atoms with Crippen molar-refractivity contribution in [3.05, 3.63) is 20.2 Å². The monoisotopic (exact) mass is 428 g/mol. The van der Waals surface area contributed by atoms with E-state index in [0.29, 0.717) is 15.7 Å². The summed E-state index contributed by atoms with van der Waals surface area (Å²) < 4.78 is 1.02. The molecular weight excluding hydrogens is 411 g/mol. The molecule has 2 unspecified atom stereocenters. The second-order valence-electron chi connectivity index (χ2n) is 4.49. The molecule has 6 heteroatoms. The average molecular weight is 429 g/mol. The van der Waals surface area contributed by atoms with Crippen molar-refractivity contribution in [2.75, 3.05) is 11.5 Å². The molecule has 0 aromatic carbocycles. The van der Waals surface area contributed by atoms with Crippen LogP contribution in [0.15, 0.2) is 0 Å². The van der Waals surface area contributed by atoms with Gasteiger partial charge in [-0.1, -0.05) is 31.9 Å². The summed E-state index contributed by atoms with van der Waals surface area (Å²) >= 11 is 12.6. The van der Waals surface area contributed by atoms with Crippen LogP contribution in [0.1, 0.15) is 43.5 Å². The summed E-state index contributed by atoms with van der Waals surface area (Å²) in [6.07, 6.45) is 3.24. The molecule has 0 spiro atoms. The van der Waals surface area contributed by atoms with E-state index in [2.05, 4.69) is 41.4 Å². The molecule has 2 atom stereocenters. The third kappa shape index (κ3) is 3.92. The average Bonchev–Trinajstić information content (AvgIpc) is 2.43. The lowest BCUT2D eigenvalue weighted by atomic mass is 10.2. The Bertz CT molecular complexity index is 445. The third-order valence-corrected chi connectivity index (χ3v) is 8.06. The molecule has 0 radical (unpaired) electrons. The van der Waals surface area contributed by atoms with Crippen LogP contribution >= 0.6 is 57.7 Å². The van der Waals surface area contributed by atoms with Crippen molar-refractivity contribution in [2.45, 2.75) is 43.6 Å². The van der Waals surface area contributed by atoms with Gasteiger partial charge in [-0.15, -0.1) is 11.8 Å². The van der Waals surface area contributed by atoms with E-state index in [0.717, 1.165) is 27.9 Å². The van der Waals surface area contributed by atoms with Crippen molar-refractivity contribution < 1.29 is 0 Å². The normalized spacial score (nSPS) is 23.6. The van der Waals surface area contributed by atoms with Crippen molar-refractivity contribution in [3.63, 3.8) is 0 Å². The van der Waals surface area contributed by atoms with Crippen LogP contribution in [0.2, 0.25) is 5.15 Å². The quantitative estimate of drug-likeness (QED) is 0.498. The van der Waals surface area contributed by atoms with Crippen molar-refractivity contribution in [2.24, 2.45) is 0 Å². The molecule has 2 nitrogen and oxygen atoms in total. The zero-order valence-electron chi connectivity index (χ0n) is 11.2. The maximum atomic E-state index is 6.29. The molecule has 1 aliphatic rings. The number of rotatable bonds is 4. The summed E-state index contributed by atoms with van der Waals surface area (Å²) in [5.74, 6) is 3.36. The summed E-state index contributed by atoms with van der Waals surface area (Å²) in [5.41, 5.74) is 1.11. The highest BCUT2D eigenvalue weighted by atomic mass is 127. The lowest BCUT2D eigenvalue weighted by molar-refractivity contribution is 0.732. The van der Waals surface area contributed by atoms with E-state index in [1.54, 1.807) is 0 Å². The van der Waals surface area contributed by atoms with Gasteiger partial charge in [0, 0.05) is 16.8 Å². The molecule has 0 saturated carbocycles. The number of hydrogen-bond acceptors (Lipinski definition) is 4. The topological polar surface area (TPSA) is 25.8 Å². The predicted molar refractivity (Wildman–Crippen MR) is 95.5 cm³/mol. The first-order valence-corrected chi connectivity index (χ1v) is 10.2. The lowest BCUT2D eigenvalue weighted by Gasteiger charge is -2.29. The van der Waals surface area contributed by atoms with Gasteiger partial charge in [0.25, 0.3) is 0 Å². The van der Waals surface area contributed by atoms with Crippen LogP contribution in [-0.2, 0) is 6.42 Å². The molecule has 0 aliphatic carbocycles. The lowest BCUT2D eigenvalue weighted by Crippen LogP contribution is -2.21. The minimum Gasteiger partial charge on any atom is -0.235 e. The van der Waals surface area contributed by atoms with Crippen molar-refractivity contribution in [1.29, 1.82) is 0 Å². The first kappa shape index (κ1) is 16.2. The summed E-state index contributed by atoms with van der Waals surface area (Å²) in [6.45, 7) is 4.42. The largest absolute Gasteiger partial charge is 0.235 e. The summed E-state index contributed by atoms with van der Waals surface area (Å²) in [5, 5.41) is 1.64. The molecule has 0 N–H and O–H groups in total. The van der Waals surface area contributed by atoms with E-state index >= 15 is 0 Å². The zero-order valence-corrected chi connectivity index (χ0v) is 15.7. The number of hydrogen-bond donors (Lipinski definition) is 0. The summed E-state index contributed by atoms with van der Waals surface area (Å²) in [6, 6.07) is 0. The SMILES string of the molecule is CCCc1nc(C2SCCSC2CC)nc(Cl)c1I. The smallest absolute Gasteiger partial charge is 0.146 e. The Morgan fingerprint density at radius 2 is 2.00 bits per heavy atom. The summed E-state index contributed by atoms with van der Waals surface area (Å²) in [4.78, 5) is 9.36. The molecule has 0 bridgehead atoms. The van der Waals surface area contributed by atoms with Gasteiger partial charge in [-0.25, -0.2) is 9.97 Å². The highest BCUT2D eigenvalue weighted by Gasteiger charge is 2.29. The number of halogens is 2. The highest BCUT2D eigenvalue weighted by Crippen LogP contribution is 2.43. The van der Waals surface area contributed by atoms with Crippen LogP contribution < -0.4 is 0 Å². The molecule has 19 heavy (non-hydrogen) atoms. The van der Waals surface area contributed by atoms with Gasteiger partial charge in [0.15, 0.2) is 0 Å². The number of thioether (sulfide) groups is 2. The minimum atomic E-state index is 0.397. The van der Waals surface area contributed by atoms with Gasteiger partial charge in [-0.2, -0.15) is 11.8 Å². The van der Waals surface area contributed by atoms with Crippen LogP contribution in [-0.4, -0.2) is 26.7 Å². The highest BCUT2D eigenvalue weighted by molar-refractivity contribution is 14.1. The first-order chi connectivity index (χ1) is 9.17. The van der Waals surface area contributed by atoms with Crippen LogP contribution in [0, 0.1) is 3.57 Å². The molecule has 1 aromatic rings. The second kappa shape index (κ2) is 7.71. The van der Waals surface area contributed by atoms with E-state index < -0.39 is 0 Å². The van der Waals surface area contributed by atoms with Gasteiger partial charge in [0.05, 0.1) is 14.5 Å². The van der Waals surface area contributed by atoms with Crippen molar-refractivity contribution in [1.82, 2.24) is 9.97 Å². The maximum absolute atomic E-state index is 6.29. The molecule has 1 aliphatic heterocycles. The second-order valence-corrected chi connectivity index (χ2v) is 8.53. The van der Waals surface area contributed by atoms with Crippen LogP contribution in [0.25, 0.3) is 0 Å². The van der Waals surface area contributed by atoms with Crippen LogP contribution in [0.4, 0.5) is 0 Å². The molecule has 1 aromatic heterocycles. The number of aryl methyl sites for hydroxylation is 1. The van der Waals surface area contributed by atoms with E-state index in [4.69, 9.17) is 16.6 Å². The molecule has 1 saturated heterocycles.